The minimum absolute atomic E-state index is 0.0203. The molecule has 0 aromatic heterocycles. The van der Waals surface area contributed by atoms with Crippen molar-refractivity contribution in [2.24, 2.45) is 0 Å². The predicted octanol–water partition coefficient (Wildman–Crippen LogP) is 5.18. The maximum Gasteiger partial charge on any atom is 0.347 e. The van der Waals surface area contributed by atoms with Gasteiger partial charge in [0.25, 0.3) is 0 Å². The first kappa shape index (κ1) is 22.3. The van der Waals surface area contributed by atoms with Gasteiger partial charge in [-0.15, -0.1) is 0 Å². The molecule has 1 heterocycles. The van der Waals surface area contributed by atoms with Crippen molar-refractivity contribution in [3.63, 3.8) is 0 Å². The SMILES string of the molecule is CCCCOc1ccc(Br)cc1C(=O)Oc1ccc(C(=O)OCC2CCCO2)cc1. The highest BCUT2D eigenvalue weighted by atomic mass is 79.9. The maximum atomic E-state index is 12.7. The molecule has 3 rings (SSSR count). The van der Waals surface area contributed by atoms with Gasteiger partial charge in [-0.25, -0.2) is 9.59 Å². The van der Waals surface area contributed by atoms with Crippen molar-refractivity contribution < 1.29 is 28.5 Å². The van der Waals surface area contributed by atoms with Crippen molar-refractivity contribution in [1.82, 2.24) is 0 Å². The zero-order valence-electron chi connectivity index (χ0n) is 16.9. The van der Waals surface area contributed by atoms with Crippen LogP contribution in [0.25, 0.3) is 0 Å². The van der Waals surface area contributed by atoms with Crippen LogP contribution in [-0.2, 0) is 9.47 Å². The van der Waals surface area contributed by atoms with E-state index in [4.69, 9.17) is 18.9 Å². The molecule has 2 aromatic carbocycles. The summed E-state index contributed by atoms with van der Waals surface area (Å²) >= 11 is 3.37. The molecule has 1 fully saturated rings. The van der Waals surface area contributed by atoms with E-state index in [-0.39, 0.29) is 12.7 Å². The van der Waals surface area contributed by atoms with Crippen LogP contribution in [0.4, 0.5) is 0 Å². The number of benzene rings is 2. The number of carbonyl (C=O) groups excluding carboxylic acids is 2. The summed E-state index contributed by atoms with van der Waals surface area (Å²) in [6, 6.07) is 11.5. The van der Waals surface area contributed by atoms with E-state index in [1.165, 1.54) is 0 Å². The largest absolute Gasteiger partial charge is 0.493 e. The van der Waals surface area contributed by atoms with E-state index in [1.54, 1.807) is 36.4 Å². The lowest BCUT2D eigenvalue weighted by Gasteiger charge is -2.12. The molecule has 1 unspecified atom stereocenters. The highest BCUT2D eigenvalue weighted by molar-refractivity contribution is 9.10. The molecular weight excluding hydrogens is 452 g/mol. The maximum absolute atomic E-state index is 12.7. The van der Waals surface area contributed by atoms with Gasteiger partial charge in [-0.05, 0) is 61.7 Å². The Kier molecular flexibility index (Phi) is 8.28. The number of unbranched alkanes of at least 4 members (excludes halogenated alkanes) is 1. The van der Waals surface area contributed by atoms with Crippen LogP contribution in [0.15, 0.2) is 46.9 Å². The Balaban J connectivity index is 1.60. The van der Waals surface area contributed by atoms with Crippen molar-refractivity contribution >= 4 is 27.9 Å². The molecule has 0 saturated carbocycles. The van der Waals surface area contributed by atoms with Crippen LogP contribution in [0, 0.1) is 0 Å². The summed E-state index contributed by atoms with van der Waals surface area (Å²) in [5, 5.41) is 0. The van der Waals surface area contributed by atoms with Gasteiger partial charge in [0.15, 0.2) is 0 Å². The van der Waals surface area contributed by atoms with Crippen LogP contribution >= 0.6 is 15.9 Å². The fourth-order valence-electron chi connectivity index (χ4n) is 2.96. The zero-order chi connectivity index (χ0) is 21.3. The van der Waals surface area contributed by atoms with Crippen LogP contribution in [0.1, 0.15) is 53.3 Å². The Hall–Kier alpha value is -2.38. The Labute approximate surface area is 184 Å². The molecule has 1 atom stereocenters. The lowest BCUT2D eigenvalue weighted by molar-refractivity contribution is 0.0161. The number of hydrogen-bond acceptors (Lipinski definition) is 6. The third-order valence-corrected chi connectivity index (χ3v) is 5.14. The van der Waals surface area contributed by atoms with Gasteiger partial charge in [-0.1, -0.05) is 29.3 Å². The second-order valence-electron chi connectivity index (χ2n) is 6.99. The fraction of sp³-hybridized carbons (Fsp3) is 0.391. The first-order chi connectivity index (χ1) is 14.6. The minimum Gasteiger partial charge on any atom is -0.493 e. The van der Waals surface area contributed by atoms with Gasteiger partial charge in [0.2, 0.25) is 0 Å². The van der Waals surface area contributed by atoms with Crippen LogP contribution in [0.5, 0.6) is 11.5 Å². The second-order valence-corrected chi connectivity index (χ2v) is 7.91. The standard InChI is InChI=1S/C23H25BrO6/c1-2-3-12-28-21-11-8-17(24)14-20(21)23(26)30-18-9-6-16(7-10-18)22(25)29-15-19-5-4-13-27-19/h6-11,14,19H,2-5,12-13,15H2,1H3. The Morgan fingerprint density at radius 2 is 1.93 bits per heavy atom. The third kappa shape index (κ3) is 6.31. The first-order valence-corrected chi connectivity index (χ1v) is 10.9. The molecule has 2 aromatic rings. The molecule has 0 N–H and O–H groups in total. The fourth-order valence-corrected chi connectivity index (χ4v) is 3.32. The molecule has 160 valence electrons. The normalized spacial score (nSPS) is 15.6. The first-order valence-electron chi connectivity index (χ1n) is 10.1. The molecule has 30 heavy (non-hydrogen) atoms. The number of halogens is 1. The van der Waals surface area contributed by atoms with Gasteiger partial charge in [0.1, 0.15) is 23.7 Å². The van der Waals surface area contributed by atoms with E-state index >= 15 is 0 Å². The van der Waals surface area contributed by atoms with Gasteiger partial charge < -0.3 is 18.9 Å². The average molecular weight is 477 g/mol. The number of rotatable bonds is 9. The van der Waals surface area contributed by atoms with Gasteiger partial charge in [-0.3, -0.25) is 0 Å². The number of hydrogen-bond donors (Lipinski definition) is 0. The van der Waals surface area contributed by atoms with E-state index in [1.807, 2.05) is 6.07 Å². The van der Waals surface area contributed by atoms with E-state index < -0.39 is 11.9 Å². The Morgan fingerprint density at radius 3 is 2.63 bits per heavy atom. The van der Waals surface area contributed by atoms with Crippen LogP contribution in [0.2, 0.25) is 0 Å². The van der Waals surface area contributed by atoms with Crippen molar-refractivity contribution in [2.75, 3.05) is 19.8 Å². The summed E-state index contributed by atoms with van der Waals surface area (Å²) < 4.78 is 22.7. The predicted molar refractivity (Wildman–Crippen MR) is 115 cm³/mol. The molecule has 1 aliphatic rings. The molecule has 1 aliphatic heterocycles. The van der Waals surface area contributed by atoms with Crippen LogP contribution < -0.4 is 9.47 Å². The third-order valence-electron chi connectivity index (χ3n) is 4.64. The van der Waals surface area contributed by atoms with E-state index in [2.05, 4.69) is 22.9 Å². The molecule has 6 nitrogen and oxygen atoms in total. The Bertz CT molecular complexity index is 858. The van der Waals surface area contributed by atoms with Crippen LogP contribution in [0.3, 0.4) is 0 Å². The van der Waals surface area contributed by atoms with Crippen molar-refractivity contribution in [2.45, 2.75) is 38.7 Å². The van der Waals surface area contributed by atoms with E-state index in [0.29, 0.717) is 35.8 Å². The highest BCUT2D eigenvalue weighted by Gasteiger charge is 2.19. The second kappa shape index (κ2) is 11.1. The van der Waals surface area contributed by atoms with Crippen LogP contribution in [-0.4, -0.2) is 37.9 Å². The topological polar surface area (TPSA) is 71.1 Å². The summed E-state index contributed by atoms with van der Waals surface area (Å²) in [7, 11) is 0. The summed E-state index contributed by atoms with van der Waals surface area (Å²) in [5.41, 5.74) is 0.722. The highest BCUT2D eigenvalue weighted by Crippen LogP contribution is 2.25. The smallest absolute Gasteiger partial charge is 0.347 e. The van der Waals surface area contributed by atoms with Crippen molar-refractivity contribution in [1.29, 1.82) is 0 Å². The molecule has 0 radical (unpaired) electrons. The summed E-state index contributed by atoms with van der Waals surface area (Å²) in [6.07, 6.45) is 3.77. The zero-order valence-corrected chi connectivity index (χ0v) is 18.5. The summed E-state index contributed by atoms with van der Waals surface area (Å²) in [5.74, 6) is -0.153. The van der Waals surface area contributed by atoms with Gasteiger partial charge in [0, 0.05) is 11.1 Å². The summed E-state index contributed by atoms with van der Waals surface area (Å²) in [4.78, 5) is 24.8. The van der Waals surface area contributed by atoms with Gasteiger partial charge in [-0.2, -0.15) is 0 Å². The van der Waals surface area contributed by atoms with Crippen molar-refractivity contribution in [3.8, 4) is 11.5 Å². The molecule has 7 heteroatoms. The monoisotopic (exact) mass is 476 g/mol. The van der Waals surface area contributed by atoms with Gasteiger partial charge >= 0.3 is 11.9 Å². The average Bonchev–Trinajstić information content (AvgIpc) is 3.27. The van der Waals surface area contributed by atoms with E-state index in [0.717, 1.165) is 30.2 Å². The Morgan fingerprint density at radius 1 is 1.13 bits per heavy atom. The molecular formula is C23H25BrO6. The lowest BCUT2D eigenvalue weighted by atomic mass is 10.2. The molecule has 1 saturated heterocycles. The number of esters is 2. The minimum atomic E-state index is -0.531. The molecule has 0 aliphatic carbocycles. The number of ether oxygens (including phenoxy) is 4. The lowest BCUT2D eigenvalue weighted by Crippen LogP contribution is -2.17. The quantitative estimate of drug-likeness (QED) is 0.282. The summed E-state index contributed by atoms with van der Waals surface area (Å²) in [6.45, 7) is 3.56. The van der Waals surface area contributed by atoms with Gasteiger partial charge in [0.05, 0.1) is 18.3 Å². The number of carbonyl (C=O) groups is 2. The van der Waals surface area contributed by atoms with Crippen molar-refractivity contribution in [3.05, 3.63) is 58.1 Å². The van der Waals surface area contributed by atoms with E-state index in [9.17, 15) is 9.59 Å². The molecule has 0 amide bonds. The molecule has 0 spiro atoms. The molecule has 0 bridgehead atoms.